The van der Waals surface area contributed by atoms with Crippen molar-refractivity contribution in [1.82, 2.24) is 0 Å². The van der Waals surface area contributed by atoms with Gasteiger partial charge in [0, 0.05) is 0 Å². The first-order valence-corrected chi connectivity index (χ1v) is 5.23. The zero-order valence-electron chi connectivity index (χ0n) is 7.40. The van der Waals surface area contributed by atoms with Gasteiger partial charge in [0.1, 0.15) is 23.7 Å². The van der Waals surface area contributed by atoms with Crippen LogP contribution in [-0.2, 0) is 9.53 Å². The molecular formula is C7H12O6S. The summed E-state index contributed by atoms with van der Waals surface area (Å²) in [6.45, 7) is 0. The zero-order chi connectivity index (χ0) is 10.9. The normalized spacial score (nSPS) is 43.6. The first-order chi connectivity index (χ1) is 6.49. The molecule has 0 bridgehead atoms. The number of hydrogen-bond donors (Lipinski definition) is 4. The zero-order valence-corrected chi connectivity index (χ0v) is 8.22. The number of thioether (sulfide) groups is 1. The molecule has 0 saturated carbocycles. The minimum Gasteiger partial charge on any atom is -0.479 e. The molecule has 5 atom stereocenters. The Hall–Kier alpha value is -0.340. The molecule has 0 aromatic heterocycles. The quantitative estimate of drug-likeness (QED) is 0.440. The van der Waals surface area contributed by atoms with E-state index in [1.165, 1.54) is 0 Å². The van der Waals surface area contributed by atoms with E-state index in [4.69, 9.17) is 9.84 Å². The summed E-state index contributed by atoms with van der Waals surface area (Å²) >= 11 is 1.07. The van der Waals surface area contributed by atoms with Crippen molar-refractivity contribution in [3.8, 4) is 0 Å². The second-order valence-corrected chi connectivity index (χ2v) is 3.91. The molecule has 6 nitrogen and oxygen atoms in total. The van der Waals surface area contributed by atoms with E-state index in [1.807, 2.05) is 0 Å². The van der Waals surface area contributed by atoms with Crippen LogP contribution in [0.25, 0.3) is 0 Å². The number of aliphatic hydroxyl groups excluding tert-OH is 3. The fourth-order valence-electron chi connectivity index (χ4n) is 1.25. The highest BCUT2D eigenvalue weighted by Crippen LogP contribution is 2.26. The molecule has 1 heterocycles. The maximum absolute atomic E-state index is 10.6. The molecule has 0 aromatic carbocycles. The molecule has 0 radical (unpaired) electrons. The molecule has 1 fully saturated rings. The lowest BCUT2D eigenvalue weighted by Crippen LogP contribution is -2.58. The third-order valence-corrected chi connectivity index (χ3v) is 2.90. The number of aliphatic hydroxyl groups is 3. The Bertz CT molecular complexity index is 220. The first kappa shape index (κ1) is 11.7. The van der Waals surface area contributed by atoms with Crippen LogP contribution in [0, 0.1) is 0 Å². The minimum atomic E-state index is -1.61. The van der Waals surface area contributed by atoms with Gasteiger partial charge in [-0.3, -0.25) is 0 Å². The summed E-state index contributed by atoms with van der Waals surface area (Å²) < 4.78 is 4.90. The van der Waals surface area contributed by atoms with Crippen molar-refractivity contribution in [3.05, 3.63) is 0 Å². The summed E-state index contributed by atoms with van der Waals surface area (Å²) in [4.78, 5) is 10.6. The van der Waals surface area contributed by atoms with E-state index in [2.05, 4.69) is 0 Å². The van der Waals surface area contributed by atoms with Gasteiger partial charge in [0.25, 0.3) is 0 Å². The summed E-state index contributed by atoms with van der Waals surface area (Å²) in [6, 6.07) is 0. The van der Waals surface area contributed by atoms with Crippen LogP contribution in [0.1, 0.15) is 0 Å². The van der Waals surface area contributed by atoms with E-state index < -0.39 is 35.8 Å². The Kier molecular flexibility index (Phi) is 3.73. The van der Waals surface area contributed by atoms with Crippen LogP contribution in [0.2, 0.25) is 0 Å². The van der Waals surface area contributed by atoms with Gasteiger partial charge in [-0.15, -0.1) is 11.8 Å². The van der Waals surface area contributed by atoms with Crippen LogP contribution < -0.4 is 0 Å². The predicted octanol–water partition coefficient (Wildman–Crippen LogP) is -1.76. The first-order valence-electron chi connectivity index (χ1n) is 3.94. The third kappa shape index (κ3) is 2.01. The number of carbonyl (C=O) groups is 1. The molecule has 1 saturated heterocycles. The van der Waals surface area contributed by atoms with Gasteiger partial charge in [-0.1, -0.05) is 0 Å². The van der Waals surface area contributed by atoms with Gasteiger partial charge in [0.15, 0.2) is 6.10 Å². The SMILES string of the molecule is CSC1O[C@H](C(=O)O)[C@@H](O)[C@H](O)[C@H]1O. The number of rotatable bonds is 2. The Balaban J connectivity index is 2.78. The van der Waals surface area contributed by atoms with E-state index in [1.54, 1.807) is 6.26 Å². The standard InChI is InChI=1S/C7H12O6S/c1-14-7-4(10)2(8)3(9)5(13-7)6(11)12/h2-5,7-10H,1H3,(H,11,12)/t2-,3-,4+,5-,7?/m0/s1. The minimum absolute atomic E-state index is 0.838. The molecule has 1 aliphatic heterocycles. The van der Waals surface area contributed by atoms with Crippen molar-refractivity contribution >= 4 is 17.7 Å². The van der Waals surface area contributed by atoms with E-state index >= 15 is 0 Å². The van der Waals surface area contributed by atoms with E-state index in [9.17, 15) is 20.1 Å². The molecular weight excluding hydrogens is 212 g/mol. The summed E-state index contributed by atoms with van der Waals surface area (Å²) in [5.74, 6) is -1.36. The van der Waals surface area contributed by atoms with E-state index in [0.29, 0.717) is 0 Å². The van der Waals surface area contributed by atoms with Crippen LogP contribution >= 0.6 is 11.8 Å². The van der Waals surface area contributed by atoms with Crippen molar-refractivity contribution in [3.63, 3.8) is 0 Å². The maximum Gasteiger partial charge on any atom is 0.335 e. The highest BCUT2D eigenvalue weighted by molar-refractivity contribution is 7.99. The lowest BCUT2D eigenvalue weighted by Gasteiger charge is -2.37. The van der Waals surface area contributed by atoms with Gasteiger partial charge in [-0.05, 0) is 6.26 Å². The largest absolute Gasteiger partial charge is 0.479 e. The number of carboxylic acid groups (broad SMARTS) is 1. The average Bonchev–Trinajstić information content (AvgIpc) is 2.14. The van der Waals surface area contributed by atoms with Gasteiger partial charge in [-0.2, -0.15) is 0 Å². The van der Waals surface area contributed by atoms with Crippen LogP contribution in [-0.4, -0.2) is 62.5 Å². The average molecular weight is 224 g/mol. The predicted molar refractivity (Wildman–Crippen MR) is 47.8 cm³/mol. The molecule has 7 heteroatoms. The van der Waals surface area contributed by atoms with Gasteiger partial charge in [-0.25, -0.2) is 4.79 Å². The lowest BCUT2D eigenvalue weighted by atomic mass is 10.0. The molecule has 4 N–H and O–H groups in total. The van der Waals surface area contributed by atoms with Crippen molar-refractivity contribution in [1.29, 1.82) is 0 Å². The molecule has 82 valence electrons. The lowest BCUT2D eigenvalue weighted by molar-refractivity contribution is -0.209. The molecule has 1 aliphatic rings. The van der Waals surface area contributed by atoms with E-state index in [0.717, 1.165) is 11.8 Å². The second kappa shape index (κ2) is 4.45. The van der Waals surface area contributed by atoms with Crippen molar-refractivity contribution in [2.75, 3.05) is 6.26 Å². The summed E-state index contributed by atoms with van der Waals surface area (Å²) in [7, 11) is 0. The molecule has 0 amide bonds. The number of hydrogen-bond acceptors (Lipinski definition) is 6. The molecule has 1 rings (SSSR count). The van der Waals surface area contributed by atoms with Crippen LogP contribution in [0.4, 0.5) is 0 Å². The summed E-state index contributed by atoms with van der Waals surface area (Å²) in [6.07, 6.45) is -4.27. The molecule has 14 heavy (non-hydrogen) atoms. The fourth-order valence-corrected chi connectivity index (χ4v) is 1.92. The number of aliphatic carboxylic acids is 1. The van der Waals surface area contributed by atoms with E-state index in [-0.39, 0.29) is 0 Å². The molecule has 0 aromatic rings. The third-order valence-electron chi connectivity index (χ3n) is 2.05. The van der Waals surface area contributed by atoms with Crippen LogP contribution in [0.3, 0.4) is 0 Å². The second-order valence-electron chi connectivity index (χ2n) is 2.97. The van der Waals surface area contributed by atoms with Crippen LogP contribution in [0.15, 0.2) is 0 Å². The van der Waals surface area contributed by atoms with Gasteiger partial charge in [0.2, 0.25) is 0 Å². The Morgan fingerprint density at radius 1 is 1.21 bits per heavy atom. The smallest absolute Gasteiger partial charge is 0.335 e. The number of carboxylic acids is 1. The van der Waals surface area contributed by atoms with Crippen molar-refractivity contribution in [2.45, 2.75) is 29.9 Å². The van der Waals surface area contributed by atoms with Crippen molar-refractivity contribution < 1.29 is 30.0 Å². The van der Waals surface area contributed by atoms with Crippen molar-refractivity contribution in [2.24, 2.45) is 0 Å². The van der Waals surface area contributed by atoms with Gasteiger partial charge in [0.05, 0.1) is 0 Å². The molecule has 0 spiro atoms. The van der Waals surface area contributed by atoms with Gasteiger partial charge >= 0.3 is 5.97 Å². The molecule has 0 aliphatic carbocycles. The fraction of sp³-hybridized carbons (Fsp3) is 0.857. The van der Waals surface area contributed by atoms with Crippen LogP contribution in [0.5, 0.6) is 0 Å². The monoisotopic (exact) mass is 224 g/mol. The number of ether oxygens (including phenoxy) is 1. The summed E-state index contributed by atoms with van der Waals surface area (Å²) in [5.41, 5.74) is -0.838. The Labute approximate surface area is 84.5 Å². The maximum atomic E-state index is 10.6. The van der Waals surface area contributed by atoms with Gasteiger partial charge < -0.3 is 25.2 Å². The Morgan fingerprint density at radius 3 is 2.21 bits per heavy atom. The summed E-state index contributed by atoms with van der Waals surface area (Å²) in [5, 5.41) is 36.6. The highest BCUT2D eigenvalue weighted by Gasteiger charge is 2.46. The topological polar surface area (TPSA) is 107 Å². The molecule has 1 unspecified atom stereocenters. The Morgan fingerprint density at radius 2 is 1.79 bits per heavy atom. The highest BCUT2D eigenvalue weighted by atomic mass is 32.2.